The minimum atomic E-state index is -1.15. The molecule has 0 aliphatic carbocycles. The second-order valence-corrected chi connectivity index (χ2v) is 5.84. The first-order valence-corrected chi connectivity index (χ1v) is 7.68. The Labute approximate surface area is 120 Å². The van der Waals surface area contributed by atoms with E-state index in [0.717, 1.165) is 20.9 Å². The third kappa shape index (κ3) is 3.21. The molecule has 0 N–H and O–H groups in total. The molecule has 0 amide bonds. The quantitative estimate of drug-likeness (QED) is 0.608. The lowest BCUT2D eigenvalue weighted by molar-refractivity contribution is 0.595. The SMILES string of the molecule is [O-][S+](c1ccc(CCl)cc1)c1ccc(CCl)cc1. The topological polar surface area (TPSA) is 23.1 Å². The molecule has 0 aromatic heterocycles. The van der Waals surface area contributed by atoms with E-state index in [2.05, 4.69) is 0 Å². The van der Waals surface area contributed by atoms with E-state index in [4.69, 9.17) is 23.2 Å². The molecule has 0 heterocycles. The summed E-state index contributed by atoms with van der Waals surface area (Å²) in [6.45, 7) is 0. The van der Waals surface area contributed by atoms with Crippen LogP contribution in [0.2, 0.25) is 0 Å². The van der Waals surface area contributed by atoms with Crippen LogP contribution in [0.1, 0.15) is 11.1 Å². The molecular formula is C14H12Cl2OS. The maximum absolute atomic E-state index is 12.3. The van der Waals surface area contributed by atoms with Gasteiger partial charge in [0.05, 0.1) is 0 Å². The Kier molecular flexibility index (Phi) is 4.95. The Morgan fingerprint density at radius 3 is 1.33 bits per heavy atom. The summed E-state index contributed by atoms with van der Waals surface area (Å²) >= 11 is 10.3. The van der Waals surface area contributed by atoms with Gasteiger partial charge in [-0.3, -0.25) is 0 Å². The standard InChI is InChI=1S/C14H12Cl2OS/c15-9-11-1-5-13(6-2-11)18(17)14-7-3-12(10-16)4-8-14/h1-8H,9-10H2. The third-order valence-corrected chi connectivity index (χ3v) is 4.60. The normalized spacial score (nSPS) is 10.9. The minimum absolute atomic E-state index is 0.470. The van der Waals surface area contributed by atoms with Gasteiger partial charge in [0.2, 0.25) is 0 Å². The summed E-state index contributed by atoms with van der Waals surface area (Å²) in [6, 6.07) is 15.0. The molecule has 0 fully saturated rings. The predicted molar refractivity (Wildman–Crippen MR) is 76.7 cm³/mol. The number of rotatable bonds is 4. The summed E-state index contributed by atoms with van der Waals surface area (Å²) in [7, 11) is 0. The average Bonchev–Trinajstić information content (AvgIpc) is 2.47. The van der Waals surface area contributed by atoms with Crippen molar-refractivity contribution in [3.8, 4) is 0 Å². The summed E-state index contributed by atoms with van der Waals surface area (Å²) in [5.74, 6) is 0.939. The monoisotopic (exact) mass is 298 g/mol. The third-order valence-electron chi connectivity index (χ3n) is 2.58. The van der Waals surface area contributed by atoms with Crippen LogP contribution < -0.4 is 0 Å². The van der Waals surface area contributed by atoms with Crippen LogP contribution in [0, 0.1) is 0 Å². The molecule has 2 aromatic carbocycles. The number of hydrogen-bond acceptors (Lipinski definition) is 1. The zero-order valence-corrected chi connectivity index (χ0v) is 11.9. The highest BCUT2D eigenvalue weighted by Crippen LogP contribution is 2.22. The Morgan fingerprint density at radius 1 is 0.722 bits per heavy atom. The average molecular weight is 299 g/mol. The molecule has 0 saturated carbocycles. The van der Waals surface area contributed by atoms with Gasteiger partial charge in [0.25, 0.3) is 0 Å². The first kappa shape index (κ1) is 13.8. The molecule has 0 bridgehead atoms. The van der Waals surface area contributed by atoms with Crippen LogP contribution in [0.25, 0.3) is 0 Å². The maximum atomic E-state index is 12.3. The van der Waals surface area contributed by atoms with Crippen molar-refractivity contribution in [2.24, 2.45) is 0 Å². The summed E-state index contributed by atoms with van der Waals surface area (Å²) in [6.07, 6.45) is 0. The van der Waals surface area contributed by atoms with Crippen molar-refractivity contribution in [1.29, 1.82) is 0 Å². The molecule has 0 radical (unpaired) electrons. The summed E-state index contributed by atoms with van der Waals surface area (Å²) in [4.78, 5) is 1.56. The van der Waals surface area contributed by atoms with E-state index >= 15 is 0 Å². The largest absolute Gasteiger partial charge is 0.606 e. The van der Waals surface area contributed by atoms with E-state index in [-0.39, 0.29) is 0 Å². The molecular weight excluding hydrogens is 287 g/mol. The summed E-state index contributed by atoms with van der Waals surface area (Å²) < 4.78 is 12.3. The summed E-state index contributed by atoms with van der Waals surface area (Å²) in [5.41, 5.74) is 2.05. The maximum Gasteiger partial charge on any atom is 0.158 e. The van der Waals surface area contributed by atoms with Crippen LogP contribution in [0.15, 0.2) is 58.3 Å². The smallest absolute Gasteiger partial charge is 0.158 e. The van der Waals surface area contributed by atoms with Crippen LogP contribution in [0.3, 0.4) is 0 Å². The molecule has 0 atom stereocenters. The Bertz CT molecular complexity index is 449. The second-order valence-electron chi connectivity index (χ2n) is 3.82. The Hall–Kier alpha value is -0.670. The minimum Gasteiger partial charge on any atom is -0.606 e. The van der Waals surface area contributed by atoms with Gasteiger partial charge >= 0.3 is 0 Å². The van der Waals surface area contributed by atoms with Gasteiger partial charge in [-0.05, 0) is 35.4 Å². The van der Waals surface area contributed by atoms with Gasteiger partial charge < -0.3 is 4.55 Å². The highest BCUT2D eigenvalue weighted by Gasteiger charge is 2.14. The molecule has 2 aromatic rings. The fourth-order valence-corrected chi connectivity index (χ4v) is 2.94. The van der Waals surface area contributed by atoms with Crippen molar-refractivity contribution in [1.82, 2.24) is 0 Å². The molecule has 0 unspecified atom stereocenters. The first-order valence-electron chi connectivity index (χ1n) is 5.46. The van der Waals surface area contributed by atoms with Crippen molar-refractivity contribution >= 4 is 34.4 Å². The predicted octanol–water partition coefficient (Wildman–Crippen LogP) is 4.33. The van der Waals surface area contributed by atoms with Gasteiger partial charge in [-0.2, -0.15) is 0 Å². The lowest BCUT2D eigenvalue weighted by atomic mass is 10.2. The van der Waals surface area contributed by atoms with Crippen LogP contribution >= 0.6 is 23.2 Å². The van der Waals surface area contributed by atoms with E-state index in [1.54, 1.807) is 0 Å². The van der Waals surface area contributed by atoms with Gasteiger partial charge in [-0.25, -0.2) is 0 Å². The van der Waals surface area contributed by atoms with E-state index in [1.807, 2.05) is 48.5 Å². The van der Waals surface area contributed by atoms with Crippen molar-refractivity contribution in [3.63, 3.8) is 0 Å². The molecule has 0 spiro atoms. The lowest BCUT2D eigenvalue weighted by Crippen LogP contribution is -2.02. The molecule has 0 saturated heterocycles. The molecule has 0 aliphatic heterocycles. The molecule has 1 nitrogen and oxygen atoms in total. The number of hydrogen-bond donors (Lipinski definition) is 0. The molecule has 0 aliphatic rings. The molecule has 18 heavy (non-hydrogen) atoms. The number of alkyl halides is 2. The molecule has 94 valence electrons. The second kappa shape index (κ2) is 6.48. The van der Waals surface area contributed by atoms with Crippen LogP contribution in [0.5, 0.6) is 0 Å². The van der Waals surface area contributed by atoms with Crippen molar-refractivity contribution in [2.45, 2.75) is 21.6 Å². The number of halogens is 2. The summed E-state index contributed by atoms with van der Waals surface area (Å²) in [5, 5.41) is 0. The Balaban J connectivity index is 2.20. The van der Waals surface area contributed by atoms with Gasteiger partial charge in [0.15, 0.2) is 9.79 Å². The first-order chi connectivity index (χ1) is 8.74. The fraction of sp³-hybridized carbons (Fsp3) is 0.143. The van der Waals surface area contributed by atoms with Crippen molar-refractivity contribution < 1.29 is 4.55 Å². The van der Waals surface area contributed by atoms with Gasteiger partial charge in [0.1, 0.15) is 0 Å². The van der Waals surface area contributed by atoms with E-state index < -0.39 is 11.2 Å². The van der Waals surface area contributed by atoms with Crippen molar-refractivity contribution in [3.05, 3.63) is 59.7 Å². The highest BCUT2D eigenvalue weighted by molar-refractivity contribution is 7.91. The lowest BCUT2D eigenvalue weighted by Gasteiger charge is -2.10. The van der Waals surface area contributed by atoms with E-state index in [1.165, 1.54) is 0 Å². The van der Waals surface area contributed by atoms with Gasteiger partial charge in [-0.1, -0.05) is 24.3 Å². The van der Waals surface area contributed by atoms with Crippen LogP contribution in [-0.2, 0) is 22.9 Å². The van der Waals surface area contributed by atoms with E-state index in [9.17, 15) is 4.55 Å². The van der Waals surface area contributed by atoms with E-state index in [0.29, 0.717) is 11.8 Å². The zero-order chi connectivity index (χ0) is 13.0. The highest BCUT2D eigenvalue weighted by atomic mass is 35.5. The van der Waals surface area contributed by atoms with Crippen LogP contribution in [0.4, 0.5) is 0 Å². The molecule has 4 heteroatoms. The number of benzene rings is 2. The fourth-order valence-electron chi connectivity index (χ4n) is 1.54. The van der Waals surface area contributed by atoms with Crippen LogP contribution in [-0.4, -0.2) is 4.55 Å². The van der Waals surface area contributed by atoms with Crippen molar-refractivity contribution in [2.75, 3.05) is 0 Å². The molecule has 2 rings (SSSR count). The van der Waals surface area contributed by atoms with Gasteiger partial charge in [-0.15, -0.1) is 23.2 Å². The Morgan fingerprint density at radius 2 is 1.06 bits per heavy atom. The van der Waals surface area contributed by atoms with Gasteiger partial charge in [0, 0.05) is 22.9 Å². The zero-order valence-electron chi connectivity index (χ0n) is 9.61.